The molecule has 1 aromatic heterocycles. The van der Waals surface area contributed by atoms with E-state index in [9.17, 15) is 0 Å². The van der Waals surface area contributed by atoms with Crippen LogP contribution in [0.25, 0.3) is 11.5 Å². The van der Waals surface area contributed by atoms with Gasteiger partial charge in [-0.1, -0.05) is 0 Å². The van der Waals surface area contributed by atoms with E-state index in [1.165, 1.54) is 17.7 Å². The van der Waals surface area contributed by atoms with Crippen LogP contribution in [0.1, 0.15) is 18.5 Å². The molecule has 2 aromatic rings. The molecule has 0 radical (unpaired) electrons. The largest absolute Gasteiger partial charge is 0.444 e. The van der Waals surface area contributed by atoms with Gasteiger partial charge in [0.1, 0.15) is 6.26 Å². The van der Waals surface area contributed by atoms with E-state index < -0.39 is 0 Å². The van der Waals surface area contributed by atoms with Gasteiger partial charge in [0.2, 0.25) is 5.89 Å². The molecule has 94 valence electrons. The number of rotatable bonds is 5. The van der Waals surface area contributed by atoms with Gasteiger partial charge in [-0.2, -0.15) is 0 Å². The first-order chi connectivity index (χ1) is 8.85. The SMILES string of the molecule is CSc1ccc(-c2nc(CNC3CC3)co2)cc1. The van der Waals surface area contributed by atoms with Crippen LogP contribution in [0.5, 0.6) is 0 Å². The third kappa shape index (κ3) is 2.76. The lowest BCUT2D eigenvalue weighted by atomic mass is 10.2. The van der Waals surface area contributed by atoms with E-state index in [-0.39, 0.29) is 0 Å². The van der Waals surface area contributed by atoms with Crippen molar-refractivity contribution in [3.05, 3.63) is 36.2 Å². The summed E-state index contributed by atoms with van der Waals surface area (Å²) in [5, 5.41) is 3.43. The first-order valence-electron chi connectivity index (χ1n) is 6.17. The highest BCUT2D eigenvalue weighted by molar-refractivity contribution is 7.98. The van der Waals surface area contributed by atoms with E-state index in [2.05, 4.69) is 40.8 Å². The highest BCUT2D eigenvalue weighted by Crippen LogP contribution is 2.23. The van der Waals surface area contributed by atoms with Crippen LogP contribution < -0.4 is 5.32 Å². The first-order valence-corrected chi connectivity index (χ1v) is 7.40. The third-order valence-electron chi connectivity index (χ3n) is 3.04. The fourth-order valence-corrected chi connectivity index (χ4v) is 2.20. The van der Waals surface area contributed by atoms with Crippen LogP contribution >= 0.6 is 11.8 Å². The van der Waals surface area contributed by atoms with Crippen LogP contribution in [-0.2, 0) is 6.54 Å². The highest BCUT2D eigenvalue weighted by Gasteiger charge is 2.20. The van der Waals surface area contributed by atoms with Gasteiger partial charge in [-0.15, -0.1) is 11.8 Å². The van der Waals surface area contributed by atoms with Crippen molar-refractivity contribution in [3.8, 4) is 11.5 Å². The molecular weight excluding hydrogens is 244 g/mol. The fourth-order valence-electron chi connectivity index (χ4n) is 1.79. The van der Waals surface area contributed by atoms with Gasteiger partial charge in [0.05, 0.1) is 5.69 Å². The standard InChI is InChI=1S/C14H16N2OS/c1-18-13-6-2-10(3-7-13)14-16-12(9-17-14)8-15-11-4-5-11/h2-3,6-7,9,11,15H,4-5,8H2,1H3. The Morgan fingerprint density at radius 3 is 2.78 bits per heavy atom. The molecule has 0 saturated heterocycles. The molecular formula is C14H16N2OS. The second-order valence-corrected chi connectivity index (χ2v) is 5.41. The maximum Gasteiger partial charge on any atom is 0.226 e. The van der Waals surface area contributed by atoms with Crippen LogP contribution in [-0.4, -0.2) is 17.3 Å². The molecule has 1 aliphatic carbocycles. The Morgan fingerprint density at radius 1 is 1.33 bits per heavy atom. The zero-order valence-electron chi connectivity index (χ0n) is 10.3. The Bertz CT molecular complexity index is 517. The monoisotopic (exact) mass is 260 g/mol. The normalized spacial score (nSPS) is 14.9. The number of thioether (sulfide) groups is 1. The summed E-state index contributed by atoms with van der Waals surface area (Å²) < 4.78 is 5.52. The van der Waals surface area contributed by atoms with Crippen molar-refractivity contribution in [2.45, 2.75) is 30.3 Å². The van der Waals surface area contributed by atoms with E-state index in [4.69, 9.17) is 4.42 Å². The summed E-state index contributed by atoms with van der Waals surface area (Å²) in [6.07, 6.45) is 6.40. The summed E-state index contributed by atoms with van der Waals surface area (Å²) in [5.74, 6) is 0.704. The molecule has 0 bridgehead atoms. The van der Waals surface area contributed by atoms with Crippen molar-refractivity contribution in [2.24, 2.45) is 0 Å². The van der Waals surface area contributed by atoms with Crippen LogP contribution in [0.15, 0.2) is 39.8 Å². The minimum Gasteiger partial charge on any atom is -0.444 e. The molecule has 1 saturated carbocycles. The zero-order valence-corrected chi connectivity index (χ0v) is 11.2. The third-order valence-corrected chi connectivity index (χ3v) is 3.78. The molecule has 1 aromatic carbocycles. The van der Waals surface area contributed by atoms with Crippen molar-refractivity contribution in [1.29, 1.82) is 0 Å². The summed E-state index contributed by atoms with van der Waals surface area (Å²) in [6.45, 7) is 0.803. The zero-order chi connectivity index (χ0) is 12.4. The van der Waals surface area contributed by atoms with Gasteiger partial charge in [-0.3, -0.25) is 0 Å². The minimum atomic E-state index is 0.700. The molecule has 3 nitrogen and oxygen atoms in total. The van der Waals surface area contributed by atoms with E-state index in [1.807, 2.05) is 0 Å². The lowest BCUT2D eigenvalue weighted by molar-refractivity contribution is 0.570. The Morgan fingerprint density at radius 2 is 2.11 bits per heavy atom. The summed E-state index contributed by atoms with van der Waals surface area (Å²) in [7, 11) is 0. The Balaban J connectivity index is 1.70. The molecule has 0 aliphatic heterocycles. The molecule has 1 fully saturated rings. The maximum atomic E-state index is 5.52. The Labute approximate surface area is 111 Å². The van der Waals surface area contributed by atoms with Gasteiger partial charge < -0.3 is 9.73 Å². The molecule has 1 aliphatic rings. The first kappa shape index (κ1) is 11.8. The van der Waals surface area contributed by atoms with Crippen LogP contribution in [0.2, 0.25) is 0 Å². The van der Waals surface area contributed by atoms with E-state index >= 15 is 0 Å². The van der Waals surface area contributed by atoms with Crippen molar-refractivity contribution in [1.82, 2.24) is 10.3 Å². The predicted molar refractivity (Wildman–Crippen MR) is 73.6 cm³/mol. The predicted octanol–water partition coefficient (Wildman–Crippen LogP) is 3.32. The Kier molecular flexibility index (Phi) is 3.39. The summed E-state index contributed by atoms with van der Waals surface area (Å²) in [6, 6.07) is 8.98. The van der Waals surface area contributed by atoms with Crippen LogP contribution in [0, 0.1) is 0 Å². The molecule has 3 rings (SSSR count). The molecule has 4 heteroatoms. The smallest absolute Gasteiger partial charge is 0.226 e. The van der Waals surface area contributed by atoms with E-state index in [0.29, 0.717) is 11.9 Å². The number of hydrogen-bond acceptors (Lipinski definition) is 4. The average molecular weight is 260 g/mol. The minimum absolute atomic E-state index is 0.700. The van der Waals surface area contributed by atoms with Crippen molar-refractivity contribution in [3.63, 3.8) is 0 Å². The fraction of sp³-hybridized carbons (Fsp3) is 0.357. The van der Waals surface area contributed by atoms with Crippen LogP contribution in [0.3, 0.4) is 0 Å². The topological polar surface area (TPSA) is 38.1 Å². The number of nitrogens with zero attached hydrogens (tertiary/aromatic N) is 1. The maximum absolute atomic E-state index is 5.52. The molecule has 0 unspecified atom stereocenters. The lowest BCUT2D eigenvalue weighted by Crippen LogP contribution is -2.15. The van der Waals surface area contributed by atoms with Gasteiger partial charge in [0.15, 0.2) is 0 Å². The van der Waals surface area contributed by atoms with Gasteiger partial charge in [-0.25, -0.2) is 4.98 Å². The van der Waals surface area contributed by atoms with Gasteiger partial charge in [0.25, 0.3) is 0 Å². The van der Waals surface area contributed by atoms with Gasteiger partial charge in [-0.05, 0) is 43.4 Å². The molecule has 18 heavy (non-hydrogen) atoms. The van der Waals surface area contributed by atoms with Crippen molar-refractivity contribution < 1.29 is 4.42 Å². The van der Waals surface area contributed by atoms with Gasteiger partial charge >= 0.3 is 0 Å². The number of benzene rings is 1. The van der Waals surface area contributed by atoms with E-state index in [0.717, 1.165) is 17.8 Å². The van der Waals surface area contributed by atoms with Crippen molar-refractivity contribution in [2.75, 3.05) is 6.26 Å². The molecule has 0 amide bonds. The quantitative estimate of drug-likeness (QED) is 0.837. The highest BCUT2D eigenvalue weighted by atomic mass is 32.2. The summed E-state index contributed by atoms with van der Waals surface area (Å²) in [5.41, 5.74) is 2.01. The molecule has 1 N–H and O–H groups in total. The van der Waals surface area contributed by atoms with Crippen molar-refractivity contribution >= 4 is 11.8 Å². The summed E-state index contributed by atoms with van der Waals surface area (Å²) >= 11 is 1.74. The average Bonchev–Trinajstić information content (AvgIpc) is 3.14. The number of nitrogens with one attached hydrogen (secondary N) is 1. The number of oxazole rings is 1. The van der Waals surface area contributed by atoms with Crippen LogP contribution in [0.4, 0.5) is 0 Å². The molecule has 1 heterocycles. The number of aromatic nitrogens is 1. The second-order valence-electron chi connectivity index (χ2n) is 4.53. The second kappa shape index (κ2) is 5.16. The Hall–Kier alpha value is -1.26. The molecule has 0 atom stereocenters. The van der Waals surface area contributed by atoms with Gasteiger partial charge in [0, 0.05) is 23.0 Å². The molecule has 0 spiro atoms. The lowest BCUT2D eigenvalue weighted by Gasteiger charge is -1.98. The summed E-state index contributed by atoms with van der Waals surface area (Å²) in [4.78, 5) is 5.75. The number of hydrogen-bond donors (Lipinski definition) is 1. The van der Waals surface area contributed by atoms with E-state index in [1.54, 1.807) is 18.0 Å².